The van der Waals surface area contributed by atoms with Gasteiger partial charge in [-0.15, -0.1) is 5.06 Å². The first kappa shape index (κ1) is 20.9. The smallest absolute Gasteiger partial charge is 0.347 e. The molecule has 1 aromatic heterocycles. The highest BCUT2D eigenvalue weighted by atomic mass is 35.5. The van der Waals surface area contributed by atoms with Crippen LogP contribution in [0.3, 0.4) is 0 Å². The zero-order chi connectivity index (χ0) is 21.1. The van der Waals surface area contributed by atoms with Crippen LogP contribution in [0.1, 0.15) is 17.0 Å². The lowest BCUT2D eigenvalue weighted by Gasteiger charge is -2.36. The molecule has 8 heteroatoms. The van der Waals surface area contributed by atoms with E-state index in [9.17, 15) is 4.79 Å². The van der Waals surface area contributed by atoms with E-state index >= 15 is 0 Å². The number of hydrogen-bond acceptors (Lipinski definition) is 5. The molecule has 6 nitrogen and oxygen atoms in total. The van der Waals surface area contributed by atoms with Crippen LogP contribution in [0.4, 0.5) is 0 Å². The van der Waals surface area contributed by atoms with Gasteiger partial charge >= 0.3 is 5.97 Å². The Hall–Kier alpha value is -2.38. The Balaban J connectivity index is 1.85. The molecule has 1 fully saturated rings. The Labute approximate surface area is 185 Å². The number of carbonyl (C=O) groups excluding carboxylic acids is 1. The molecule has 1 aliphatic rings. The lowest BCUT2D eigenvalue weighted by Crippen LogP contribution is -2.49. The molecule has 2 heterocycles. The standard InChI is InChI=1S/C22H22Cl2N4O2/c1-27-12-14-28(15-13-27)30-21(29)22(20-25-10-11-26-20,16-2-6-18(23)7-3-16)17-4-8-19(24)9-5-17/h2-11H,12-15H2,1H3,(H,25,26). The van der Waals surface area contributed by atoms with Gasteiger partial charge in [0.25, 0.3) is 0 Å². The van der Waals surface area contributed by atoms with Crippen molar-refractivity contribution >= 4 is 29.2 Å². The van der Waals surface area contributed by atoms with Crippen molar-refractivity contribution in [1.82, 2.24) is 19.9 Å². The van der Waals surface area contributed by atoms with Crippen LogP contribution in [0, 0.1) is 0 Å². The second-order valence-electron chi connectivity index (χ2n) is 7.31. The average molecular weight is 445 g/mol. The van der Waals surface area contributed by atoms with Crippen molar-refractivity contribution in [2.45, 2.75) is 5.41 Å². The fourth-order valence-corrected chi connectivity index (χ4v) is 3.96. The number of halogens is 2. The average Bonchev–Trinajstić information content (AvgIpc) is 3.28. The van der Waals surface area contributed by atoms with Gasteiger partial charge in [-0.2, -0.15) is 0 Å². The fourth-order valence-electron chi connectivity index (χ4n) is 3.71. The van der Waals surface area contributed by atoms with E-state index in [1.165, 1.54) is 0 Å². The predicted octanol–water partition coefficient (Wildman–Crippen LogP) is 3.76. The fraction of sp³-hybridized carbons (Fsp3) is 0.273. The van der Waals surface area contributed by atoms with Crippen molar-refractivity contribution in [3.05, 3.63) is 87.9 Å². The number of rotatable bonds is 5. The third-order valence-corrected chi connectivity index (χ3v) is 5.89. The minimum Gasteiger partial charge on any atom is -0.366 e. The summed E-state index contributed by atoms with van der Waals surface area (Å²) in [7, 11) is 2.05. The van der Waals surface area contributed by atoms with Crippen molar-refractivity contribution in [2.75, 3.05) is 33.2 Å². The Kier molecular flexibility index (Phi) is 6.11. The highest BCUT2D eigenvalue weighted by Gasteiger charge is 2.49. The van der Waals surface area contributed by atoms with Crippen LogP contribution in [0.5, 0.6) is 0 Å². The van der Waals surface area contributed by atoms with Crippen LogP contribution in [-0.4, -0.2) is 59.1 Å². The van der Waals surface area contributed by atoms with Gasteiger partial charge in [0, 0.05) is 48.6 Å². The molecule has 1 N–H and O–H groups in total. The second kappa shape index (κ2) is 8.78. The maximum absolute atomic E-state index is 13.9. The number of hydroxylamine groups is 2. The van der Waals surface area contributed by atoms with Crippen LogP contribution in [0.2, 0.25) is 10.0 Å². The van der Waals surface area contributed by atoms with E-state index < -0.39 is 11.4 Å². The second-order valence-corrected chi connectivity index (χ2v) is 8.19. The van der Waals surface area contributed by atoms with E-state index in [0.717, 1.165) is 13.1 Å². The number of benzene rings is 2. The van der Waals surface area contributed by atoms with Gasteiger partial charge < -0.3 is 14.7 Å². The lowest BCUT2D eigenvalue weighted by atomic mass is 9.73. The largest absolute Gasteiger partial charge is 0.366 e. The number of aromatic amines is 1. The van der Waals surface area contributed by atoms with Crippen LogP contribution < -0.4 is 0 Å². The molecular formula is C22H22Cl2N4O2. The summed E-state index contributed by atoms with van der Waals surface area (Å²) in [6.45, 7) is 2.92. The van der Waals surface area contributed by atoms with Crippen molar-refractivity contribution in [2.24, 2.45) is 0 Å². The van der Waals surface area contributed by atoms with Crippen molar-refractivity contribution in [3.8, 4) is 0 Å². The SMILES string of the molecule is CN1CCN(OC(=O)C(c2ccc(Cl)cc2)(c2ccc(Cl)cc2)c2ncc[nH]2)CC1. The van der Waals surface area contributed by atoms with Gasteiger partial charge in [0.05, 0.1) is 0 Å². The molecule has 4 rings (SSSR count). The Morgan fingerprint density at radius 2 is 1.50 bits per heavy atom. The van der Waals surface area contributed by atoms with Gasteiger partial charge in [-0.3, -0.25) is 0 Å². The van der Waals surface area contributed by atoms with Crippen LogP contribution >= 0.6 is 23.2 Å². The number of aromatic nitrogens is 2. The van der Waals surface area contributed by atoms with E-state index in [4.69, 9.17) is 28.0 Å². The minimum absolute atomic E-state index is 0.438. The zero-order valence-electron chi connectivity index (χ0n) is 16.5. The van der Waals surface area contributed by atoms with Crippen LogP contribution in [0.25, 0.3) is 0 Å². The van der Waals surface area contributed by atoms with Crippen molar-refractivity contribution in [3.63, 3.8) is 0 Å². The predicted molar refractivity (Wildman–Crippen MR) is 117 cm³/mol. The topological polar surface area (TPSA) is 61.5 Å². The molecule has 30 heavy (non-hydrogen) atoms. The highest BCUT2D eigenvalue weighted by Crippen LogP contribution is 2.40. The van der Waals surface area contributed by atoms with Crippen molar-refractivity contribution in [1.29, 1.82) is 0 Å². The number of H-pyrrole nitrogens is 1. The molecule has 0 aliphatic carbocycles. The molecule has 156 valence electrons. The number of nitrogens with one attached hydrogen (secondary N) is 1. The third-order valence-electron chi connectivity index (χ3n) is 5.39. The number of piperazine rings is 1. The first-order chi connectivity index (χ1) is 14.5. The molecule has 1 aliphatic heterocycles. The molecule has 0 atom stereocenters. The Morgan fingerprint density at radius 1 is 0.967 bits per heavy atom. The lowest BCUT2D eigenvalue weighted by molar-refractivity contribution is -0.201. The summed E-state index contributed by atoms with van der Waals surface area (Å²) in [5.74, 6) is 0.0259. The van der Waals surface area contributed by atoms with Gasteiger partial charge in [-0.1, -0.05) is 47.5 Å². The van der Waals surface area contributed by atoms with Gasteiger partial charge in [0.1, 0.15) is 5.82 Å². The molecule has 1 saturated heterocycles. The summed E-state index contributed by atoms with van der Waals surface area (Å²) in [4.78, 5) is 29.6. The summed E-state index contributed by atoms with van der Waals surface area (Å²) in [6.07, 6.45) is 3.32. The zero-order valence-corrected chi connectivity index (χ0v) is 18.0. The molecule has 0 spiro atoms. The molecule has 0 amide bonds. The van der Waals surface area contributed by atoms with Gasteiger partial charge in [0.15, 0.2) is 5.41 Å². The number of nitrogens with zero attached hydrogens (tertiary/aromatic N) is 3. The number of imidazole rings is 1. The first-order valence-corrected chi connectivity index (χ1v) is 10.4. The van der Waals surface area contributed by atoms with E-state index in [1.807, 2.05) is 31.3 Å². The minimum atomic E-state index is -1.30. The summed E-state index contributed by atoms with van der Waals surface area (Å²) >= 11 is 12.3. The van der Waals surface area contributed by atoms with Crippen LogP contribution in [-0.2, 0) is 15.0 Å². The Morgan fingerprint density at radius 3 is 1.97 bits per heavy atom. The number of hydrogen-bond donors (Lipinski definition) is 1. The molecule has 0 radical (unpaired) electrons. The van der Waals surface area contributed by atoms with E-state index in [1.54, 1.807) is 41.7 Å². The molecule has 2 aromatic carbocycles. The summed E-state index contributed by atoms with van der Waals surface area (Å²) in [5, 5.41) is 2.87. The maximum Gasteiger partial charge on any atom is 0.347 e. The van der Waals surface area contributed by atoms with Crippen LogP contribution in [0.15, 0.2) is 60.9 Å². The molecular weight excluding hydrogens is 423 g/mol. The van der Waals surface area contributed by atoms with Gasteiger partial charge in [-0.25, -0.2) is 9.78 Å². The van der Waals surface area contributed by atoms with E-state index in [-0.39, 0.29) is 0 Å². The van der Waals surface area contributed by atoms with Gasteiger partial charge in [0.2, 0.25) is 0 Å². The molecule has 3 aromatic rings. The van der Waals surface area contributed by atoms with Crippen molar-refractivity contribution < 1.29 is 9.63 Å². The quantitative estimate of drug-likeness (QED) is 0.648. The number of likely N-dealkylation sites (N-methyl/N-ethyl adjacent to an activating group) is 1. The summed E-state index contributed by atoms with van der Waals surface area (Å²) in [5.41, 5.74) is 0.0915. The summed E-state index contributed by atoms with van der Waals surface area (Å²) in [6, 6.07) is 14.3. The summed E-state index contributed by atoms with van der Waals surface area (Å²) < 4.78 is 0. The number of carbonyl (C=O) groups is 1. The first-order valence-electron chi connectivity index (χ1n) is 9.68. The molecule has 0 unspecified atom stereocenters. The molecule has 0 saturated carbocycles. The van der Waals surface area contributed by atoms with E-state index in [2.05, 4.69) is 14.9 Å². The maximum atomic E-state index is 13.9. The third kappa shape index (κ3) is 3.96. The van der Waals surface area contributed by atoms with Gasteiger partial charge in [-0.05, 0) is 42.4 Å². The highest BCUT2D eigenvalue weighted by molar-refractivity contribution is 6.30. The molecule has 0 bridgehead atoms. The van der Waals surface area contributed by atoms with E-state index in [0.29, 0.717) is 40.1 Å². The Bertz CT molecular complexity index is 937. The normalized spacial score (nSPS) is 15.8. The monoisotopic (exact) mass is 444 g/mol.